The van der Waals surface area contributed by atoms with Crippen molar-refractivity contribution in [1.29, 1.82) is 0 Å². The maximum Gasteiger partial charge on any atom is 0.233 e. The molecule has 0 radical (unpaired) electrons. The molecule has 3 fully saturated rings. The van der Waals surface area contributed by atoms with Crippen LogP contribution in [0.3, 0.4) is 0 Å². The van der Waals surface area contributed by atoms with Crippen molar-refractivity contribution in [3.63, 3.8) is 0 Å². The van der Waals surface area contributed by atoms with Gasteiger partial charge >= 0.3 is 0 Å². The molecule has 3 aliphatic heterocycles. The van der Waals surface area contributed by atoms with Crippen LogP contribution < -0.4 is 4.74 Å². The first kappa shape index (κ1) is 14.6. The van der Waals surface area contributed by atoms with Crippen LogP contribution in [0.15, 0.2) is 36.4 Å². The smallest absolute Gasteiger partial charge is 0.233 e. The van der Waals surface area contributed by atoms with Crippen molar-refractivity contribution >= 4 is 0 Å². The maximum absolute atomic E-state index is 6.20. The Hall–Kier alpha value is -1.94. The van der Waals surface area contributed by atoms with Gasteiger partial charge in [0, 0.05) is 17.7 Å². The number of ether oxygens (including phenoxy) is 1. The summed E-state index contributed by atoms with van der Waals surface area (Å²) in [6.07, 6.45) is 2.73. The van der Waals surface area contributed by atoms with Gasteiger partial charge in [0.2, 0.25) is 5.88 Å². The Morgan fingerprint density at radius 1 is 1.09 bits per heavy atom. The minimum absolute atomic E-state index is 0.247. The van der Waals surface area contributed by atoms with Crippen LogP contribution in [0, 0.1) is 12.8 Å². The second kappa shape index (κ2) is 5.93. The minimum atomic E-state index is 0.247. The molecule has 2 unspecified atom stereocenters. The van der Waals surface area contributed by atoms with E-state index in [1.54, 1.807) is 0 Å². The van der Waals surface area contributed by atoms with Gasteiger partial charge in [-0.3, -0.25) is 4.90 Å². The third-order valence-electron chi connectivity index (χ3n) is 5.30. The molecule has 4 nitrogen and oxygen atoms in total. The Bertz CT molecular complexity index is 675. The summed E-state index contributed by atoms with van der Waals surface area (Å²) in [7, 11) is 0. The molecule has 1 aromatic heterocycles. The second-order valence-electron chi connectivity index (χ2n) is 6.82. The third kappa shape index (κ3) is 2.83. The highest BCUT2D eigenvalue weighted by molar-refractivity contribution is 5.59. The molecule has 0 spiro atoms. The van der Waals surface area contributed by atoms with E-state index in [1.165, 1.54) is 31.5 Å². The number of aryl methyl sites for hydroxylation is 1. The molecule has 0 amide bonds. The molecule has 0 N–H and O–H groups in total. The van der Waals surface area contributed by atoms with E-state index in [9.17, 15) is 0 Å². The molecule has 120 valence electrons. The zero-order valence-corrected chi connectivity index (χ0v) is 13.8. The van der Waals surface area contributed by atoms with Crippen LogP contribution in [0.5, 0.6) is 5.88 Å². The van der Waals surface area contributed by atoms with Gasteiger partial charge in [0.25, 0.3) is 0 Å². The Morgan fingerprint density at radius 2 is 1.91 bits per heavy atom. The number of nitrogens with zero attached hydrogens (tertiary/aromatic N) is 3. The average molecular weight is 309 g/mol. The zero-order chi connectivity index (χ0) is 15.8. The van der Waals surface area contributed by atoms with E-state index in [4.69, 9.17) is 4.74 Å². The summed E-state index contributed by atoms with van der Waals surface area (Å²) in [5, 5.41) is 8.66. The standard InChI is InChI=1S/C19H23N3O/c1-13-4-3-5-16(12-13)17-6-7-18(21-20-17)23-19-14(2)22-10-8-15(19)9-11-22/h3-7,12,14-15,19H,8-11H2,1-2H3. The Kier molecular flexibility index (Phi) is 3.77. The highest BCUT2D eigenvalue weighted by Crippen LogP contribution is 2.34. The largest absolute Gasteiger partial charge is 0.471 e. The van der Waals surface area contributed by atoms with Crippen molar-refractivity contribution in [2.45, 2.75) is 38.8 Å². The van der Waals surface area contributed by atoms with Gasteiger partial charge in [0.1, 0.15) is 6.10 Å². The van der Waals surface area contributed by atoms with Crippen LogP contribution >= 0.6 is 0 Å². The average Bonchev–Trinajstić information content (AvgIpc) is 2.59. The van der Waals surface area contributed by atoms with Crippen LogP contribution in [0.1, 0.15) is 25.3 Å². The summed E-state index contributed by atoms with van der Waals surface area (Å²) in [5.74, 6) is 1.31. The van der Waals surface area contributed by atoms with E-state index in [0.717, 1.165) is 11.3 Å². The molecule has 3 aliphatic rings. The predicted molar refractivity (Wildman–Crippen MR) is 90.4 cm³/mol. The highest BCUT2D eigenvalue weighted by Gasteiger charge is 2.41. The lowest BCUT2D eigenvalue weighted by molar-refractivity contribution is -0.0528. The summed E-state index contributed by atoms with van der Waals surface area (Å²) in [6.45, 7) is 6.78. The number of piperidine rings is 3. The predicted octanol–water partition coefficient (Wildman–Crippen LogP) is 3.31. The van der Waals surface area contributed by atoms with E-state index >= 15 is 0 Å². The zero-order valence-electron chi connectivity index (χ0n) is 13.8. The minimum Gasteiger partial charge on any atom is -0.471 e. The molecule has 2 atom stereocenters. The van der Waals surface area contributed by atoms with E-state index in [-0.39, 0.29) is 6.10 Å². The molecule has 4 heterocycles. The van der Waals surface area contributed by atoms with E-state index in [1.807, 2.05) is 18.2 Å². The summed E-state index contributed by atoms with van der Waals surface area (Å²) in [4.78, 5) is 2.53. The Balaban J connectivity index is 1.50. The first-order valence-electron chi connectivity index (χ1n) is 8.52. The molecule has 3 saturated heterocycles. The van der Waals surface area contributed by atoms with Crippen molar-refractivity contribution in [2.75, 3.05) is 13.1 Å². The van der Waals surface area contributed by atoms with Gasteiger partial charge in [-0.2, -0.15) is 0 Å². The molecule has 2 bridgehead atoms. The molecule has 0 saturated carbocycles. The maximum atomic E-state index is 6.20. The Morgan fingerprint density at radius 3 is 2.57 bits per heavy atom. The summed E-state index contributed by atoms with van der Waals surface area (Å²) < 4.78 is 6.20. The summed E-state index contributed by atoms with van der Waals surface area (Å²) >= 11 is 0. The van der Waals surface area contributed by atoms with Crippen molar-refractivity contribution in [1.82, 2.24) is 15.1 Å². The third-order valence-corrected chi connectivity index (χ3v) is 5.30. The lowest BCUT2D eigenvalue weighted by atomic mass is 9.81. The fourth-order valence-corrected chi connectivity index (χ4v) is 3.93. The van der Waals surface area contributed by atoms with Crippen LogP contribution in [-0.4, -0.2) is 40.3 Å². The fourth-order valence-electron chi connectivity index (χ4n) is 3.93. The normalized spacial score (nSPS) is 29.5. The number of hydrogen-bond donors (Lipinski definition) is 0. The van der Waals surface area contributed by atoms with E-state index in [0.29, 0.717) is 17.8 Å². The van der Waals surface area contributed by atoms with E-state index < -0.39 is 0 Å². The van der Waals surface area contributed by atoms with Gasteiger partial charge in [0.05, 0.1) is 5.69 Å². The Labute approximate surface area is 137 Å². The van der Waals surface area contributed by atoms with Crippen LogP contribution in [0.4, 0.5) is 0 Å². The summed E-state index contributed by atoms with van der Waals surface area (Å²) in [5.41, 5.74) is 3.22. The quantitative estimate of drug-likeness (QED) is 0.872. The second-order valence-corrected chi connectivity index (χ2v) is 6.82. The van der Waals surface area contributed by atoms with Crippen LogP contribution in [0.2, 0.25) is 0 Å². The molecule has 4 heteroatoms. The van der Waals surface area contributed by atoms with Gasteiger partial charge in [-0.15, -0.1) is 10.2 Å². The first-order valence-corrected chi connectivity index (χ1v) is 8.52. The van der Waals surface area contributed by atoms with E-state index in [2.05, 4.69) is 47.1 Å². The van der Waals surface area contributed by atoms with Crippen molar-refractivity contribution in [3.05, 3.63) is 42.0 Å². The molecular formula is C19H23N3O. The van der Waals surface area contributed by atoms with Crippen molar-refractivity contribution in [2.24, 2.45) is 5.92 Å². The lowest BCUT2D eigenvalue weighted by Gasteiger charge is -2.48. The molecule has 5 rings (SSSR count). The number of fused-ring (bicyclic) bond motifs is 3. The van der Waals surface area contributed by atoms with Crippen LogP contribution in [0.25, 0.3) is 11.3 Å². The van der Waals surface area contributed by atoms with Crippen molar-refractivity contribution in [3.8, 4) is 17.1 Å². The topological polar surface area (TPSA) is 38.2 Å². The van der Waals surface area contributed by atoms with Crippen LogP contribution in [-0.2, 0) is 0 Å². The van der Waals surface area contributed by atoms with Gasteiger partial charge in [-0.25, -0.2) is 0 Å². The number of benzene rings is 1. The summed E-state index contributed by atoms with van der Waals surface area (Å²) in [6, 6.07) is 12.8. The van der Waals surface area contributed by atoms with Crippen molar-refractivity contribution < 1.29 is 4.74 Å². The monoisotopic (exact) mass is 309 g/mol. The SMILES string of the molecule is Cc1cccc(-c2ccc(OC3C4CCN(CC4)C3C)nn2)c1. The lowest BCUT2D eigenvalue weighted by Crippen LogP contribution is -2.58. The highest BCUT2D eigenvalue weighted by atomic mass is 16.5. The molecule has 23 heavy (non-hydrogen) atoms. The molecule has 0 aliphatic carbocycles. The van der Waals surface area contributed by atoms with Gasteiger partial charge in [-0.1, -0.05) is 23.8 Å². The first-order chi connectivity index (χ1) is 11.2. The number of rotatable bonds is 3. The van der Waals surface area contributed by atoms with Gasteiger partial charge in [0.15, 0.2) is 0 Å². The number of aromatic nitrogens is 2. The van der Waals surface area contributed by atoms with Gasteiger partial charge in [-0.05, 0) is 57.8 Å². The van der Waals surface area contributed by atoms with Gasteiger partial charge < -0.3 is 4.74 Å². The fraction of sp³-hybridized carbons (Fsp3) is 0.474. The molecule has 2 aromatic rings. The number of hydrogen-bond acceptors (Lipinski definition) is 4. The molecule has 1 aromatic carbocycles. The molecular weight excluding hydrogens is 286 g/mol.